The average molecular weight is 317 g/mol. The van der Waals surface area contributed by atoms with Gasteiger partial charge in [0.25, 0.3) is 10.0 Å². The minimum absolute atomic E-state index is 0.196. The Morgan fingerprint density at radius 3 is 2.14 bits per heavy atom. The van der Waals surface area contributed by atoms with Crippen LogP contribution in [0.3, 0.4) is 0 Å². The maximum Gasteiger partial charge on any atom is 0.263 e. The number of nitrogens with zero attached hydrogens (tertiary/aromatic N) is 2. The summed E-state index contributed by atoms with van der Waals surface area (Å²) in [4.78, 5) is 0.196. The second kappa shape index (κ2) is 5.63. The second-order valence-corrected chi connectivity index (χ2v) is 6.86. The van der Waals surface area contributed by atoms with Crippen LogP contribution in [0.1, 0.15) is 0 Å². The molecule has 3 rings (SSSR count). The van der Waals surface area contributed by atoms with Crippen LogP contribution in [0.25, 0.3) is 10.6 Å². The standard InChI is InChI=1S/C14H11N3O2S2/c18-21(19,12-9-5-2-6-10-12)17-14-16-15-13(20-14)11-7-3-1-4-8-11/h1-10H,(H,16,17). The van der Waals surface area contributed by atoms with Crippen molar-refractivity contribution in [1.82, 2.24) is 10.2 Å². The second-order valence-electron chi connectivity index (χ2n) is 4.20. The fourth-order valence-corrected chi connectivity index (χ4v) is 3.74. The van der Waals surface area contributed by atoms with E-state index in [2.05, 4.69) is 14.9 Å². The number of nitrogens with one attached hydrogen (secondary N) is 1. The maximum atomic E-state index is 12.2. The van der Waals surface area contributed by atoms with Crippen molar-refractivity contribution in [2.45, 2.75) is 4.90 Å². The first kappa shape index (κ1) is 13.7. The monoisotopic (exact) mass is 317 g/mol. The van der Waals surface area contributed by atoms with Crippen LogP contribution in [0.15, 0.2) is 65.6 Å². The molecule has 0 aliphatic carbocycles. The molecule has 0 saturated carbocycles. The Bertz CT molecular complexity index is 831. The van der Waals surface area contributed by atoms with Gasteiger partial charge < -0.3 is 0 Å². The van der Waals surface area contributed by atoms with Gasteiger partial charge in [-0.25, -0.2) is 8.42 Å². The summed E-state index contributed by atoms with van der Waals surface area (Å²) >= 11 is 1.20. The van der Waals surface area contributed by atoms with Crippen LogP contribution in [-0.2, 0) is 10.0 Å². The summed E-state index contributed by atoms with van der Waals surface area (Å²) in [7, 11) is -3.62. The molecule has 0 atom stereocenters. The molecule has 1 N–H and O–H groups in total. The Kier molecular flexibility index (Phi) is 3.68. The quantitative estimate of drug-likeness (QED) is 0.803. The number of anilines is 1. The van der Waals surface area contributed by atoms with Crippen molar-refractivity contribution in [2.24, 2.45) is 0 Å². The van der Waals surface area contributed by atoms with Crippen LogP contribution >= 0.6 is 11.3 Å². The number of benzene rings is 2. The molecule has 0 fully saturated rings. The van der Waals surface area contributed by atoms with E-state index < -0.39 is 10.0 Å². The van der Waals surface area contributed by atoms with Crippen molar-refractivity contribution >= 4 is 26.5 Å². The zero-order valence-electron chi connectivity index (χ0n) is 10.8. The number of hydrogen-bond acceptors (Lipinski definition) is 5. The predicted octanol–water partition coefficient (Wildman–Crippen LogP) is 3.01. The van der Waals surface area contributed by atoms with Gasteiger partial charge in [-0.15, -0.1) is 10.2 Å². The highest BCUT2D eigenvalue weighted by Gasteiger charge is 2.16. The van der Waals surface area contributed by atoms with Gasteiger partial charge in [-0.1, -0.05) is 59.9 Å². The number of hydrogen-bond donors (Lipinski definition) is 1. The molecular formula is C14H11N3O2S2. The van der Waals surface area contributed by atoms with Crippen LogP contribution in [0, 0.1) is 0 Å². The highest BCUT2D eigenvalue weighted by atomic mass is 32.2. The van der Waals surface area contributed by atoms with Gasteiger partial charge in [-0.05, 0) is 12.1 Å². The Labute approximate surface area is 126 Å². The van der Waals surface area contributed by atoms with Gasteiger partial charge in [0, 0.05) is 5.56 Å². The summed E-state index contributed by atoms with van der Waals surface area (Å²) in [5, 5.41) is 8.80. The molecule has 21 heavy (non-hydrogen) atoms. The molecule has 1 aromatic heterocycles. The first-order chi connectivity index (χ1) is 10.1. The third-order valence-electron chi connectivity index (χ3n) is 2.72. The van der Waals surface area contributed by atoms with E-state index in [4.69, 9.17) is 0 Å². The molecule has 2 aromatic carbocycles. The molecule has 7 heteroatoms. The van der Waals surface area contributed by atoms with Crippen molar-refractivity contribution in [3.05, 3.63) is 60.7 Å². The van der Waals surface area contributed by atoms with Crippen LogP contribution < -0.4 is 4.72 Å². The van der Waals surface area contributed by atoms with Crippen LogP contribution in [0.5, 0.6) is 0 Å². The van der Waals surface area contributed by atoms with E-state index >= 15 is 0 Å². The SMILES string of the molecule is O=S(=O)(Nc1nnc(-c2ccccc2)s1)c1ccccc1. The van der Waals surface area contributed by atoms with Gasteiger partial charge in [0.05, 0.1) is 4.90 Å². The predicted molar refractivity (Wildman–Crippen MR) is 82.6 cm³/mol. The van der Waals surface area contributed by atoms with Crippen LogP contribution in [0.4, 0.5) is 5.13 Å². The molecule has 0 aliphatic heterocycles. The van der Waals surface area contributed by atoms with Gasteiger partial charge >= 0.3 is 0 Å². The van der Waals surface area contributed by atoms with E-state index in [0.717, 1.165) is 5.56 Å². The minimum Gasteiger partial charge on any atom is -0.253 e. The van der Waals surface area contributed by atoms with E-state index in [0.29, 0.717) is 5.01 Å². The van der Waals surface area contributed by atoms with Gasteiger partial charge in [-0.3, -0.25) is 4.72 Å². The van der Waals surface area contributed by atoms with Crippen LogP contribution in [0.2, 0.25) is 0 Å². The topological polar surface area (TPSA) is 72.0 Å². The number of aromatic nitrogens is 2. The lowest BCUT2D eigenvalue weighted by atomic mass is 10.2. The zero-order valence-corrected chi connectivity index (χ0v) is 12.4. The van der Waals surface area contributed by atoms with E-state index in [1.807, 2.05) is 30.3 Å². The molecule has 0 radical (unpaired) electrons. The fourth-order valence-electron chi connectivity index (χ4n) is 1.74. The highest BCUT2D eigenvalue weighted by Crippen LogP contribution is 2.27. The van der Waals surface area contributed by atoms with E-state index in [-0.39, 0.29) is 10.0 Å². The summed E-state index contributed by atoms with van der Waals surface area (Å²) < 4.78 is 26.8. The van der Waals surface area contributed by atoms with Gasteiger partial charge in [0.2, 0.25) is 5.13 Å². The van der Waals surface area contributed by atoms with Crippen LogP contribution in [-0.4, -0.2) is 18.6 Å². The highest BCUT2D eigenvalue weighted by molar-refractivity contribution is 7.93. The molecule has 1 heterocycles. The van der Waals surface area contributed by atoms with Gasteiger partial charge in [-0.2, -0.15) is 0 Å². The summed E-state index contributed by atoms with van der Waals surface area (Å²) in [6.07, 6.45) is 0. The smallest absolute Gasteiger partial charge is 0.253 e. The third kappa shape index (κ3) is 3.09. The van der Waals surface area contributed by atoms with E-state index in [9.17, 15) is 8.42 Å². The zero-order chi connectivity index (χ0) is 14.7. The maximum absolute atomic E-state index is 12.2. The van der Waals surface area contributed by atoms with Gasteiger partial charge in [0.1, 0.15) is 5.01 Å². The molecule has 0 unspecified atom stereocenters. The molecular weight excluding hydrogens is 306 g/mol. The molecule has 0 saturated heterocycles. The molecule has 0 spiro atoms. The first-order valence-electron chi connectivity index (χ1n) is 6.12. The Hall–Kier alpha value is -2.25. The summed E-state index contributed by atoms with van der Waals surface area (Å²) in [6.45, 7) is 0. The lowest BCUT2D eigenvalue weighted by molar-refractivity contribution is 0.601. The lowest BCUT2D eigenvalue weighted by Gasteiger charge is -2.03. The summed E-state index contributed by atoms with van der Waals surface area (Å²) in [6, 6.07) is 17.7. The van der Waals surface area contributed by atoms with E-state index in [1.165, 1.54) is 23.5 Å². The number of rotatable bonds is 4. The first-order valence-corrected chi connectivity index (χ1v) is 8.42. The molecule has 106 valence electrons. The fraction of sp³-hybridized carbons (Fsp3) is 0. The molecule has 5 nitrogen and oxygen atoms in total. The lowest BCUT2D eigenvalue weighted by Crippen LogP contribution is -2.12. The third-order valence-corrected chi connectivity index (χ3v) is 5.09. The number of sulfonamides is 1. The minimum atomic E-state index is -3.62. The Morgan fingerprint density at radius 1 is 0.857 bits per heavy atom. The van der Waals surface area contributed by atoms with Crippen molar-refractivity contribution in [2.75, 3.05) is 4.72 Å². The van der Waals surface area contributed by atoms with Crippen molar-refractivity contribution in [3.63, 3.8) is 0 Å². The summed E-state index contributed by atoms with van der Waals surface area (Å²) in [5.41, 5.74) is 0.903. The molecule has 0 aliphatic rings. The van der Waals surface area contributed by atoms with Crippen molar-refractivity contribution in [3.8, 4) is 10.6 Å². The molecule has 0 bridgehead atoms. The largest absolute Gasteiger partial charge is 0.263 e. The summed E-state index contributed by atoms with van der Waals surface area (Å²) in [5.74, 6) is 0. The van der Waals surface area contributed by atoms with E-state index in [1.54, 1.807) is 18.2 Å². The normalized spacial score (nSPS) is 11.2. The molecule has 3 aromatic rings. The van der Waals surface area contributed by atoms with Gasteiger partial charge in [0.15, 0.2) is 0 Å². The van der Waals surface area contributed by atoms with Crippen molar-refractivity contribution in [1.29, 1.82) is 0 Å². The Morgan fingerprint density at radius 2 is 1.48 bits per heavy atom. The molecule has 0 amide bonds. The average Bonchev–Trinajstić information content (AvgIpc) is 2.97. The van der Waals surface area contributed by atoms with Crippen molar-refractivity contribution < 1.29 is 8.42 Å². The Balaban J connectivity index is 1.85.